The molecule has 0 aliphatic rings. The number of nitrogens with zero attached hydrogens (tertiary/aromatic N) is 1. The van der Waals surface area contributed by atoms with Gasteiger partial charge in [0, 0.05) is 5.56 Å². The van der Waals surface area contributed by atoms with E-state index in [9.17, 15) is 10.0 Å². The summed E-state index contributed by atoms with van der Waals surface area (Å²) in [5.74, 6) is 0.383. The van der Waals surface area contributed by atoms with Crippen LogP contribution in [0.5, 0.6) is 5.75 Å². The molecule has 0 saturated heterocycles. The first kappa shape index (κ1) is 17.5. The van der Waals surface area contributed by atoms with Gasteiger partial charge >= 0.3 is 5.63 Å². The predicted molar refractivity (Wildman–Crippen MR) is 108 cm³/mol. The van der Waals surface area contributed by atoms with Crippen molar-refractivity contribution in [2.24, 2.45) is 5.16 Å². The summed E-state index contributed by atoms with van der Waals surface area (Å²) in [6.07, 6.45) is 0. The minimum atomic E-state index is -0.497. The topological polar surface area (TPSA) is 72.0 Å². The summed E-state index contributed by atoms with van der Waals surface area (Å²) in [6.45, 7) is 0.00856. The standard InChI is InChI=1S/C23H17NO4/c25-23-14-22(19-8-4-5-9-21(19)28-23)27-15-20(24-26)18-12-10-17(11-13-18)16-6-2-1-3-7-16/h1-14,26H,15H2/b24-20+. The van der Waals surface area contributed by atoms with Crippen LogP contribution in [-0.4, -0.2) is 17.5 Å². The molecule has 138 valence electrons. The van der Waals surface area contributed by atoms with E-state index in [-0.39, 0.29) is 6.61 Å². The Hall–Kier alpha value is -3.86. The van der Waals surface area contributed by atoms with Gasteiger partial charge in [-0.2, -0.15) is 0 Å². The predicted octanol–water partition coefficient (Wildman–Crippen LogP) is 4.72. The van der Waals surface area contributed by atoms with E-state index in [1.54, 1.807) is 18.2 Å². The Morgan fingerprint density at radius 3 is 2.32 bits per heavy atom. The van der Waals surface area contributed by atoms with Crippen LogP contribution in [0, 0.1) is 0 Å². The maximum absolute atomic E-state index is 11.7. The molecule has 1 heterocycles. The van der Waals surface area contributed by atoms with E-state index < -0.39 is 5.63 Å². The molecule has 1 N–H and O–H groups in total. The van der Waals surface area contributed by atoms with Crippen molar-refractivity contribution < 1.29 is 14.4 Å². The number of oxime groups is 1. The zero-order chi connectivity index (χ0) is 19.3. The Morgan fingerprint density at radius 2 is 1.57 bits per heavy atom. The van der Waals surface area contributed by atoms with E-state index in [0.717, 1.165) is 16.7 Å². The van der Waals surface area contributed by atoms with E-state index in [4.69, 9.17) is 9.15 Å². The van der Waals surface area contributed by atoms with Gasteiger partial charge in [0.2, 0.25) is 0 Å². The average molecular weight is 371 g/mol. The van der Waals surface area contributed by atoms with Gasteiger partial charge < -0.3 is 14.4 Å². The van der Waals surface area contributed by atoms with Crippen LogP contribution in [-0.2, 0) is 0 Å². The summed E-state index contributed by atoms with van der Waals surface area (Å²) in [5.41, 5.74) is 3.21. The highest BCUT2D eigenvalue weighted by atomic mass is 16.5. The molecule has 0 spiro atoms. The Labute approximate surface area is 161 Å². The molecule has 0 bridgehead atoms. The molecule has 0 radical (unpaired) electrons. The lowest BCUT2D eigenvalue weighted by Gasteiger charge is -2.10. The lowest BCUT2D eigenvalue weighted by Crippen LogP contribution is -2.14. The molecule has 0 amide bonds. The van der Waals surface area contributed by atoms with E-state index >= 15 is 0 Å². The SMILES string of the molecule is O=c1cc(OC/C(=N\O)c2ccc(-c3ccccc3)cc2)c2ccccc2o1. The van der Waals surface area contributed by atoms with E-state index in [1.807, 2.05) is 60.7 Å². The highest BCUT2D eigenvalue weighted by molar-refractivity contribution is 6.01. The van der Waals surface area contributed by atoms with Gasteiger partial charge in [-0.05, 0) is 23.3 Å². The van der Waals surface area contributed by atoms with Crippen LogP contribution in [0.4, 0.5) is 0 Å². The third-order valence-electron chi connectivity index (χ3n) is 4.42. The first-order chi connectivity index (χ1) is 13.7. The van der Waals surface area contributed by atoms with E-state index in [2.05, 4.69) is 5.16 Å². The van der Waals surface area contributed by atoms with Gasteiger partial charge in [-0.25, -0.2) is 4.79 Å². The normalized spacial score (nSPS) is 11.5. The lowest BCUT2D eigenvalue weighted by molar-refractivity contribution is 0.308. The van der Waals surface area contributed by atoms with Crippen LogP contribution in [0.3, 0.4) is 0 Å². The van der Waals surface area contributed by atoms with Gasteiger partial charge in [0.15, 0.2) is 0 Å². The van der Waals surface area contributed by atoms with Gasteiger partial charge in [0.05, 0.1) is 11.5 Å². The van der Waals surface area contributed by atoms with Gasteiger partial charge in [0.25, 0.3) is 0 Å². The van der Waals surface area contributed by atoms with Crippen LogP contribution >= 0.6 is 0 Å². The molecule has 5 nitrogen and oxygen atoms in total. The largest absolute Gasteiger partial charge is 0.486 e. The summed E-state index contributed by atoms with van der Waals surface area (Å²) in [4.78, 5) is 11.7. The highest BCUT2D eigenvalue weighted by Gasteiger charge is 2.10. The second-order valence-electron chi connectivity index (χ2n) is 6.20. The Bertz CT molecular complexity index is 1180. The van der Waals surface area contributed by atoms with Crippen molar-refractivity contribution in [2.45, 2.75) is 0 Å². The molecule has 4 rings (SSSR count). The van der Waals surface area contributed by atoms with Crippen LogP contribution in [0.1, 0.15) is 5.56 Å². The molecule has 0 fully saturated rings. The third-order valence-corrected chi connectivity index (χ3v) is 4.42. The van der Waals surface area contributed by atoms with Crippen LogP contribution in [0.25, 0.3) is 22.1 Å². The lowest BCUT2D eigenvalue weighted by atomic mass is 10.0. The summed E-state index contributed by atoms with van der Waals surface area (Å²) in [6, 6.07) is 26.1. The minimum absolute atomic E-state index is 0.00856. The molecule has 4 aromatic rings. The summed E-state index contributed by atoms with van der Waals surface area (Å²) >= 11 is 0. The molecular weight excluding hydrogens is 354 g/mol. The monoisotopic (exact) mass is 371 g/mol. The fraction of sp³-hybridized carbons (Fsp3) is 0.0435. The second kappa shape index (κ2) is 7.80. The number of rotatable bonds is 5. The number of para-hydroxylation sites is 1. The zero-order valence-corrected chi connectivity index (χ0v) is 14.9. The smallest absolute Gasteiger partial charge is 0.339 e. The first-order valence-electron chi connectivity index (χ1n) is 8.77. The van der Waals surface area contributed by atoms with Crippen molar-refractivity contribution >= 4 is 16.7 Å². The van der Waals surface area contributed by atoms with Crippen molar-refractivity contribution in [3.63, 3.8) is 0 Å². The van der Waals surface area contributed by atoms with Crippen molar-refractivity contribution in [3.8, 4) is 16.9 Å². The molecule has 0 aliphatic heterocycles. The maximum Gasteiger partial charge on any atom is 0.339 e. The summed E-state index contributed by atoms with van der Waals surface area (Å²) < 4.78 is 10.9. The van der Waals surface area contributed by atoms with Crippen LogP contribution in [0.2, 0.25) is 0 Å². The Morgan fingerprint density at radius 1 is 0.893 bits per heavy atom. The minimum Gasteiger partial charge on any atom is -0.486 e. The van der Waals surface area contributed by atoms with Crippen molar-refractivity contribution in [2.75, 3.05) is 6.61 Å². The molecule has 3 aromatic carbocycles. The Kier molecular flexibility index (Phi) is 4.89. The van der Waals surface area contributed by atoms with Crippen molar-refractivity contribution in [1.29, 1.82) is 0 Å². The second-order valence-corrected chi connectivity index (χ2v) is 6.20. The Balaban J connectivity index is 1.56. The zero-order valence-electron chi connectivity index (χ0n) is 14.9. The third kappa shape index (κ3) is 3.64. The van der Waals surface area contributed by atoms with Crippen LogP contribution in [0.15, 0.2) is 99.3 Å². The quantitative estimate of drug-likeness (QED) is 0.238. The molecule has 0 aliphatic carbocycles. The maximum atomic E-state index is 11.7. The molecule has 0 atom stereocenters. The van der Waals surface area contributed by atoms with Gasteiger partial charge in [0.1, 0.15) is 23.7 Å². The number of benzene rings is 3. The van der Waals surface area contributed by atoms with Gasteiger partial charge in [-0.3, -0.25) is 0 Å². The van der Waals surface area contributed by atoms with Gasteiger partial charge in [-0.15, -0.1) is 0 Å². The number of hydrogen-bond acceptors (Lipinski definition) is 5. The molecule has 5 heteroatoms. The molecular formula is C23H17NO4. The summed E-state index contributed by atoms with van der Waals surface area (Å²) in [5, 5.41) is 13.5. The van der Waals surface area contributed by atoms with E-state index in [1.165, 1.54) is 6.07 Å². The highest BCUT2D eigenvalue weighted by Crippen LogP contribution is 2.24. The van der Waals surface area contributed by atoms with Gasteiger partial charge in [-0.1, -0.05) is 71.9 Å². The molecule has 28 heavy (non-hydrogen) atoms. The van der Waals surface area contributed by atoms with Crippen molar-refractivity contribution in [3.05, 3.63) is 101 Å². The first-order valence-corrected chi connectivity index (χ1v) is 8.77. The number of fused-ring (bicyclic) bond motifs is 1. The fourth-order valence-electron chi connectivity index (χ4n) is 3.00. The average Bonchev–Trinajstić information content (AvgIpc) is 2.75. The summed E-state index contributed by atoms with van der Waals surface area (Å²) in [7, 11) is 0. The fourth-order valence-corrected chi connectivity index (χ4v) is 3.00. The van der Waals surface area contributed by atoms with Crippen molar-refractivity contribution in [1.82, 2.24) is 0 Å². The van der Waals surface area contributed by atoms with Crippen LogP contribution < -0.4 is 10.4 Å². The molecule has 0 unspecified atom stereocenters. The number of ether oxygens (including phenoxy) is 1. The van der Waals surface area contributed by atoms with E-state index in [0.29, 0.717) is 22.4 Å². The number of hydrogen-bond donors (Lipinski definition) is 1. The molecule has 1 aromatic heterocycles. The molecule has 0 saturated carbocycles.